The summed E-state index contributed by atoms with van der Waals surface area (Å²) >= 11 is 0. The molecule has 1 aliphatic rings. The topological polar surface area (TPSA) is 53.2 Å². The van der Waals surface area contributed by atoms with Crippen molar-refractivity contribution in [3.63, 3.8) is 0 Å². The van der Waals surface area contributed by atoms with Crippen LogP contribution in [-0.2, 0) is 23.0 Å². The maximum Gasteiger partial charge on any atom is 0.214 e. The average molecular weight is 278 g/mol. The summed E-state index contributed by atoms with van der Waals surface area (Å²) in [6, 6.07) is 8.16. The van der Waals surface area contributed by atoms with Gasteiger partial charge in [0.15, 0.2) is 0 Å². The van der Waals surface area contributed by atoms with Crippen molar-refractivity contribution in [3.05, 3.63) is 35.5 Å². The summed E-state index contributed by atoms with van der Waals surface area (Å²) in [6.07, 6.45) is 1.46. The zero-order valence-corrected chi connectivity index (χ0v) is 11.8. The number of para-hydroxylation sites is 1. The second-order valence-electron chi connectivity index (χ2n) is 5.03. The molecule has 1 aromatic heterocycles. The molecule has 0 saturated carbocycles. The second-order valence-corrected chi connectivity index (χ2v) is 7.12. The van der Waals surface area contributed by atoms with Gasteiger partial charge in [-0.1, -0.05) is 25.1 Å². The summed E-state index contributed by atoms with van der Waals surface area (Å²) < 4.78 is 25.9. The molecule has 0 spiro atoms. The number of nitrogens with one attached hydrogen (secondary N) is 1. The zero-order chi connectivity index (χ0) is 13.5. The fourth-order valence-corrected chi connectivity index (χ4v) is 4.26. The first-order valence-corrected chi connectivity index (χ1v) is 8.29. The highest BCUT2D eigenvalue weighted by Crippen LogP contribution is 2.28. The van der Waals surface area contributed by atoms with E-state index in [-0.39, 0.29) is 5.75 Å². The quantitative estimate of drug-likeness (QED) is 0.936. The maximum absolute atomic E-state index is 12.1. The molecule has 0 bridgehead atoms. The van der Waals surface area contributed by atoms with Crippen molar-refractivity contribution >= 4 is 20.9 Å². The van der Waals surface area contributed by atoms with Crippen molar-refractivity contribution in [2.75, 3.05) is 12.3 Å². The van der Waals surface area contributed by atoms with Crippen LogP contribution in [0.3, 0.4) is 0 Å². The number of benzene rings is 1. The molecule has 102 valence electrons. The van der Waals surface area contributed by atoms with Crippen molar-refractivity contribution in [1.29, 1.82) is 0 Å². The van der Waals surface area contributed by atoms with Crippen molar-refractivity contribution in [2.45, 2.75) is 26.3 Å². The number of fused-ring (bicyclic) bond motifs is 3. The first-order chi connectivity index (χ1) is 9.12. The molecule has 5 heteroatoms. The molecule has 2 aromatic rings. The lowest BCUT2D eigenvalue weighted by Crippen LogP contribution is -2.37. The highest BCUT2D eigenvalue weighted by atomic mass is 32.2. The first-order valence-electron chi connectivity index (χ1n) is 6.68. The summed E-state index contributed by atoms with van der Waals surface area (Å²) in [6.45, 7) is 2.97. The van der Waals surface area contributed by atoms with Gasteiger partial charge in [0.25, 0.3) is 0 Å². The van der Waals surface area contributed by atoms with Gasteiger partial charge in [-0.25, -0.2) is 8.42 Å². The molecule has 1 aromatic carbocycles. The molecule has 1 aliphatic heterocycles. The molecule has 0 amide bonds. The Morgan fingerprint density at radius 2 is 2.11 bits per heavy atom. The molecular weight excluding hydrogens is 260 g/mol. The molecule has 2 heterocycles. The van der Waals surface area contributed by atoms with Crippen LogP contribution in [0.5, 0.6) is 0 Å². The van der Waals surface area contributed by atoms with Crippen LogP contribution >= 0.6 is 0 Å². The number of hydrogen-bond donors (Lipinski definition) is 1. The van der Waals surface area contributed by atoms with Crippen LogP contribution in [-0.4, -0.2) is 30.0 Å². The highest BCUT2D eigenvalue weighted by molar-refractivity contribution is 7.89. The third-order valence-corrected chi connectivity index (χ3v) is 5.73. The molecular formula is C14H18N2O2S. The molecule has 0 aliphatic carbocycles. The van der Waals surface area contributed by atoms with Crippen molar-refractivity contribution < 1.29 is 8.42 Å². The van der Waals surface area contributed by atoms with Crippen LogP contribution in [0.4, 0.5) is 0 Å². The SMILES string of the molecule is CCCS(=O)(=O)N1CCc2c([nH]c3ccccc23)C1. The van der Waals surface area contributed by atoms with Gasteiger partial charge >= 0.3 is 0 Å². The van der Waals surface area contributed by atoms with E-state index in [1.807, 2.05) is 25.1 Å². The minimum absolute atomic E-state index is 0.239. The Morgan fingerprint density at radius 3 is 2.89 bits per heavy atom. The van der Waals surface area contributed by atoms with E-state index in [4.69, 9.17) is 0 Å². The molecule has 0 saturated heterocycles. The third kappa shape index (κ3) is 2.17. The van der Waals surface area contributed by atoms with Crippen LogP contribution in [0.1, 0.15) is 24.6 Å². The lowest BCUT2D eigenvalue weighted by atomic mass is 10.1. The smallest absolute Gasteiger partial charge is 0.214 e. The summed E-state index contributed by atoms with van der Waals surface area (Å²) in [5.41, 5.74) is 3.42. The van der Waals surface area contributed by atoms with Crippen LogP contribution < -0.4 is 0 Å². The Hall–Kier alpha value is -1.33. The van der Waals surface area contributed by atoms with Gasteiger partial charge in [-0.2, -0.15) is 4.31 Å². The van der Waals surface area contributed by atoms with E-state index in [1.54, 1.807) is 4.31 Å². The Labute approximate surface area is 113 Å². The summed E-state index contributed by atoms with van der Waals surface area (Å²) in [7, 11) is -3.10. The number of sulfonamides is 1. The van der Waals surface area contributed by atoms with Crippen molar-refractivity contribution in [2.24, 2.45) is 0 Å². The van der Waals surface area contributed by atoms with Gasteiger partial charge in [-0.15, -0.1) is 0 Å². The molecule has 0 fully saturated rings. The van der Waals surface area contributed by atoms with E-state index in [1.165, 1.54) is 10.9 Å². The third-order valence-electron chi connectivity index (χ3n) is 3.70. The maximum atomic E-state index is 12.1. The Bertz CT molecular complexity index is 703. The Morgan fingerprint density at radius 1 is 1.32 bits per heavy atom. The number of aromatic amines is 1. The minimum Gasteiger partial charge on any atom is -0.357 e. The summed E-state index contributed by atoms with van der Waals surface area (Å²) in [5.74, 6) is 0.239. The van der Waals surface area contributed by atoms with Crippen LogP contribution in [0.15, 0.2) is 24.3 Å². The molecule has 4 nitrogen and oxygen atoms in total. The van der Waals surface area contributed by atoms with Gasteiger partial charge in [0.1, 0.15) is 0 Å². The van der Waals surface area contributed by atoms with Gasteiger partial charge in [0.2, 0.25) is 10.0 Å². The van der Waals surface area contributed by atoms with Crippen LogP contribution in [0.25, 0.3) is 10.9 Å². The van der Waals surface area contributed by atoms with Crippen LogP contribution in [0, 0.1) is 0 Å². The number of rotatable bonds is 3. The van der Waals surface area contributed by atoms with E-state index in [0.29, 0.717) is 19.5 Å². The predicted molar refractivity (Wildman–Crippen MR) is 76.5 cm³/mol. The normalized spacial score (nSPS) is 16.7. The van der Waals surface area contributed by atoms with Gasteiger partial charge in [-0.3, -0.25) is 0 Å². The zero-order valence-electron chi connectivity index (χ0n) is 11.0. The Kier molecular flexibility index (Phi) is 3.11. The van der Waals surface area contributed by atoms with Gasteiger partial charge < -0.3 is 4.98 Å². The molecule has 3 rings (SSSR count). The van der Waals surface area contributed by atoms with E-state index < -0.39 is 10.0 Å². The summed E-state index contributed by atoms with van der Waals surface area (Å²) in [4.78, 5) is 3.35. The Balaban J connectivity index is 1.97. The van der Waals surface area contributed by atoms with E-state index in [0.717, 1.165) is 17.6 Å². The van der Waals surface area contributed by atoms with Crippen molar-refractivity contribution in [1.82, 2.24) is 9.29 Å². The molecule has 1 N–H and O–H groups in total. The van der Waals surface area contributed by atoms with Gasteiger partial charge in [0, 0.05) is 23.1 Å². The van der Waals surface area contributed by atoms with Gasteiger partial charge in [0.05, 0.1) is 12.3 Å². The summed E-state index contributed by atoms with van der Waals surface area (Å²) in [5, 5.41) is 1.23. The number of nitrogens with zero attached hydrogens (tertiary/aromatic N) is 1. The number of hydrogen-bond acceptors (Lipinski definition) is 2. The molecule has 0 unspecified atom stereocenters. The minimum atomic E-state index is -3.10. The van der Waals surface area contributed by atoms with Gasteiger partial charge in [-0.05, 0) is 24.5 Å². The lowest BCUT2D eigenvalue weighted by Gasteiger charge is -2.26. The second kappa shape index (κ2) is 4.65. The molecule has 0 atom stereocenters. The van der Waals surface area contributed by atoms with Crippen molar-refractivity contribution in [3.8, 4) is 0 Å². The van der Waals surface area contributed by atoms with E-state index in [9.17, 15) is 8.42 Å². The van der Waals surface area contributed by atoms with Crippen LogP contribution in [0.2, 0.25) is 0 Å². The standard InChI is InChI=1S/C14H18N2O2S/c1-2-9-19(17,18)16-8-7-12-11-5-3-4-6-13(11)15-14(12)10-16/h3-6,15H,2,7-10H2,1H3. The molecule has 19 heavy (non-hydrogen) atoms. The lowest BCUT2D eigenvalue weighted by molar-refractivity contribution is 0.388. The fourth-order valence-electron chi connectivity index (χ4n) is 2.79. The molecule has 0 radical (unpaired) electrons. The first kappa shape index (κ1) is 12.7. The van der Waals surface area contributed by atoms with E-state index in [2.05, 4.69) is 11.1 Å². The number of aromatic nitrogens is 1. The largest absolute Gasteiger partial charge is 0.357 e. The number of H-pyrrole nitrogens is 1. The fraction of sp³-hybridized carbons (Fsp3) is 0.429. The highest BCUT2D eigenvalue weighted by Gasteiger charge is 2.27. The predicted octanol–water partition coefficient (Wildman–Crippen LogP) is 2.27. The average Bonchev–Trinajstić information content (AvgIpc) is 2.76. The van der Waals surface area contributed by atoms with E-state index >= 15 is 0 Å². The monoisotopic (exact) mass is 278 g/mol.